The lowest BCUT2D eigenvalue weighted by molar-refractivity contribution is 0.0295. The van der Waals surface area contributed by atoms with Crippen LogP contribution in [0.4, 0.5) is 10.5 Å². The number of nitrogens with one attached hydrogen (secondary N) is 2. The van der Waals surface area contributed by atoms with Gasteiger partial charge in [0, 0.05) is 18.7 Å². The molecular weight excluding hydrogens is 260 g/mol. The third-order valence-electron chi connectivity index (χ3n) is 3.08. The van der Waals surface area contributed by atoms with E-state index in [1.165, 1.54) is 0 Å². The van der Waals surface area contributed by atoms with Gasteiger partial charge in [-0.3, -0.25) is 0 Å². The fourth-order valence-electron chi connectivity index (χ4n) is 1.96. The van der Waals surface area contributed by atoms with E-state index in [9.17, 15) is 9.90 Å². The Balaban J connectivity index is 1.79. The Bertz CT molecular complexity index is 441. The van der Waals surface area contributed by atoms with Gasteiger partial charge in [0.2, 0.25) is 0 Å². The quantitative estimate of drug-likeness (QED) is 0.761. The Kier molecular flexibility index (Phi) is 4.81. The van der Waals surface area contributed by atoms with Crippen LogP contribution >= 0.6 is 0 Å². The lowest BCUT2D eigenvalue weighted by Gasteiger charge is -2.20. The first-order valence-electron chi connectivity index (χ1n) is 6.69. The van der Waals surface area contributed by atoms with Gasteiger partial charge in [-0.05, 0) is 31.2 Å². The molecule has 1 atom stereocenters. The van der Waals surface area contributed by atoms with Crippen molar-refractivity contribution in [3.05, 3.63) is 24.3 Å². The second-order valence-electron chi connectivity index (χ2n) is 4.79. The average Bonchev–Trinajstić information content (AvgIpc) is 2.87. The van der Waals surface area contributed by atoms with Crippen LogP contribution in [0.15, 0.2) is 24.3 Å². The van der Waals surface area contributed by atoms with Crippen LogP contribution in [0.1, 0.15) is 13.3 Å². The number of benzene rings is 1. The molecule has 1 fully saturated rings. The molecule has 1 aromatic rings. The van der Waals surface area contributed by atoms with Gasteiger partial charge >= 0.3 is 6.03 Å². The normalized spacial score (nSPS) is 21.5. The van der Waals surface area contributed by atoms with Gasteiger partial charge in [0.1, 0.15) is 11.4 Å². The van der Waals surface area contributed by atoms with Crippen molar-refractivity contribution >= 4 is 11.7 Å². The first-order chi connectivity index (χ1) is 9.61. The number of carbonyl (C=O) groups is 1. The molecule has 1 aliphatic heterocycles. The molecule has 0 spiro atoms. The summed E-state index contributed by atoms with van der Waals surface area (Å²) in [7, 11) is 0. The topological polar surface area (TPSA) is 79.8 Å². The fraction of sp³-hybridized carbons (Fsp3) is 0.500. The van der Waals surface area contributed by atoms with E-state index in [-0.39, 0.29) is 19.2 Å². The Morgan fingerprint density at radius 3 is 2.80 bits per heavy atom. The first kappa shape index (κ1) is 14.6. The number of anilines is 1. The van der Waals surface area contributed by atoms with Crippen molar-refractivity contribution in [1.82, 2.24) is 5.32 Å². The van der Waals surface area contributed by atoms with Crippen LogP contribution in [0.5, 0.6) is 5.75 Å². The predicted molar refractivity (Wildman–Crippen MR) is 75.0 cm³/mol. The van der Waals surface area contributed by atoms with Gasteiger partial charge in [0.25, 0.3) is 0 Å². The van der Waals surface area contributed by atoms with Gasteiger partial charge in [-0.2, -0.15) is 0 Å². The molecule has 1 aromatic carbocycles. The molecule has 1 saturated heterocycles. The molecule has 1 aliphatic rings. The largest absolute Gasteiger partial charge is 0.494 e. The van der Waals surface area contributed by atoms with Gasteiger partial charge in [-0.25, -0.2) is 4.79 Å². The number of hydrogen-bond acceptors (Lipinski definition) is 4. The molecule has 0 aliphatic carbocycles. The molecule has 2 rings (SSSR count). The van der Waals surface area contributed by atoms with Crippen molar-refractivity contribution in [2.75, 3.05) is 31.7 Å². The van der Waals surface area contributed by atoms with Crippen molar-refractivity contribution in [3.8, 4) is 5.75 Å². The van der Waals surface area contributed by atoms with Crippen LogP contribution < -0.4 is 15.4 Å². The van der Waals surface area contributed by atoms with E-state index in [2.05, 4.69) is 10.6 Å². The summed E-state index contributed by atoms with van der Waals surface area (Å²) in [5, 5.41) is 15.4. The van der Waals surface area contributed by atoms with Crippen LogP contribution in [0.3, 0.4) is 0 Å². The lowest BCUT2D eigenvalue weighted by Crippen LogP contribution is -2.44. The third kappa shape index (κ3) is 4.11. The van der Waals surface area contributed by atoms with Gasteiger partial charge in [0.15, 0.2) is 0 Å². The Morgan fingerprint density at radius 2 is 2.20 bits per heavy atom. The molecule has 110 valence electrons. The zero-order valence-corrected chi connectivity index (χ0v) is 11.5. The van der Waals surface area contributed by atoms with Crippen molar-refractivity contribution < 1.29 is 19.4 Å². The van der Waals surface area contributed by atoms with Crippen LogP contribution in [-0.2, 0) is 4.74 Å². The molecule has 0 bridgehead atoms. The SMILES string of the molecule is CCOc1ccc(NC(=O)NC[C@@]2(O)CCOC2)cc1. The second kappa shape index (κ2) is 6.58. The number of urea groups is 1. The van der Waals surface area contributed by atoms with Crippen LogP contribution in [0, 0.1) is 0 Å². The third-order valence-corrected chi connectivity index (χ3v) is 3.08. The molecule has 20 heavy (non-hydrogen) atoms. The molecule has 6 nitrogen and oxygen atoms in total. The summed E-state index contributed by atoms with van der Waals surface area (Å²) in [5.41, 5.74) is -0.281. The minimum Gasteiger partial charge on any atom is -0.494 e. The van der Waals surface area contributed by atoms with Crippen molar-refractivity contribution in [2.45, 2.75) is 18.9 Å². The number of carbonyl (C=O) groups excluding carboxylic acids is 1. The highest BCUT2D eigenvalue weighted by atomic mass is 16.5. The van der Waals surface area contributed by atoms with Crippen LogP contribution in [0.25, 0.3) is 0 Å². The highest BCUT2D eigenvalue weighted by Crippen LogP contribution is 2.17. The minimum absolute atomic E-state index is 0.176. The van der Waals surface area contributed by atoms with E-state index in [0.717, 1.165) is 5.75 Å². The fourth-order valence-corrected chi connectivity index (χ4v) is 1.96. The van der Waals surface area contributed by atoms with E-state index in [0.29, 0.717) is 25.3 Å². The van der Waals surface area contributed by atoms with E-state index in [1.807, 2.05) is 6.92 Å². The molecule has 6 heteroatoms. The van der Waals surface area contributed by atoms with Crippen LogP contribution in [0.2, 0.25) is 0 Å². The monoisotopic (exact) mass is 280 g/mol. The minimum atomic E-state index is -0.948. The molecule has 0 saturated carbocycles. The molecule has 3 N–H and O–H groups in total. The van der Waals surface area contributed by atoms with E-state index >= 15 is 0 Å². The first-order valence-corrected chi connectivity index (χ1v) is 6.69. The summed E-state index contributed by atoms with van der Waals surface area (Å²) in [6, 6.07) is 6.75. The van der Waals surface area contributed by atoms with Crippen molar-refractivity contribution in [1.29, 1.82) is 0 Å². The highest BCUT2D eigenvalue weighted by molar-refractivity contribution is 5.89. The van der Waals surface area contributed by atoms with Crippen molar-refractivity contribution in [3.63, 3.8) is 0 Å². The number of amides is 2. The smallest absolute Gasteiger partial charge is 0.319 e. The van der Waals surface area contributed by atoms with E-state index < -0.39 is 5.60 Å². The molecule has 0 radical (unpaired) electrons. The molecule has 2 amide bonds. The maximum absolute atomic E-state index is 11.7. The predicted octanol–water partition coefficient (Wildman–Crippen LogP) is 1.36. The highest BCUT2D eigenvalue weighted by Gasteiger charge is 2.32. The average molecular weight is 280 g/mol. The number of aliphatic hydroxyl groups is 1. The van der Waals surface area contributed by atoms with Gasteiger partial charge in [-0.1, -0.05) is 0 Å². The number of ether oxygens (including phenoxy) is 2. The van der Waals surface area contributed by atoms with Gasteiger partial charge in [-0.15, -0.1) is 0 Å². The Hall–Kier alpha value is -1.79. The van der Waals surface area contributed by atoms with Gasteiger partial charge < -0.3 is 25.2 Å². The molecular formula is C14H20N2O4. The standard InChI is InChI=1S/C14H20N2O4/c1-2-20-12-5-3-11(4-6-12)16-13(17)15-9-14(18)7-8-19-10-14/h3-6,18H,2,7-10H2,1H3,(H2,15,16,17)/t14-/m0/s1. The van der Waals surface area contributed by atoms with E-state index in [4.69, 9.17) is 9.47 Å². The zero-order valence-electron chi connectivity index (χ0n) is 11.5. The maximum atomic E-state index is 11.7. The summed E-state index contributed by atoms with van der Waals surface area (Å²) in [5.74, 6) is 0.760. The van der Waals surface area contributed by atoms with Gasteiger partial charge in [0.05, 0.1) is 19.8 Å². The molecule has 0 unspecified atom stereocenters. The summed E-state index contributed by atoms with van der Waals surface area (Å²) in [6.07, 6.45) is 0.538. The summed E-state index contributed by atoms with van der Waals surface area (Å²) in [4.78, 5) is 11.7. The summed E-state index contributed by atoms with van der Waals surface area (Å²) < 4.78 is 10.4. The van der Waals surface area contributed by atoms with Crippen LogP contribution in [-0.4, -0.2) is 43.1 Å². The maximum Gasteiger partial charge on any atom is 0.319 e. The molecule has 1 heterocycles. The van der Waals surface area contributed by atoms with E-state index in [1.54, 1.807) is 24.3 Å². The number of hydrogen-bond donors (Lipinski definition) is 3. The summed E-state index contributed by atoms with van der Waals surface area (Å²) >= 11 is 0. The lowest BCUT2D eigenvalue weighted by atomic mass is 10.0. The second-order valence-corrected chi connectivity index (χ2v) is 4.79. The Labute approximate surface area is 118 Å². The zero-order chi connectivity index (χ0) is 14.4. The molecule has 0 aromatic heterocycles. The van der Waals surface area contributed by atoms with Crippen molar-refractivity contribution in [2.24, 2.45) is 0 Å². The number of rotatable bonds is 5. The Morgan fingerprint density at radius 1 is 1.45 bits per heavy atom. The summed E-state index contributed by atoms with van der Waals surface area (Å²) in [6.45, 7) is 3.48.